The first-order valence-corrected chi connectivity index (χ1v) is 9.11. The monoisotopic (exact) mass is 358 g/mol. The summed E-state index contributed by atoms with van der Waals surface area (Å²) in [6.45, 7) is 9.04. The highest BCUT2D eigenvalue weighted by Crippen LogP contribution is 2.24. The van der Waals surface area contributed by atoms with Crippen molar-refractivity contribution in [3.05, 3.63) is 35.7 Å². The number of benzene rings is 1. The van der Waals surface area contributed by atoms with Crippen LogP contribution in [0.4, 0.5) is 0 Å². The van der Waals surface area contributed by atoms with Gasteiger partial charge in [0.1, 0.15) is 6.04 Å². The zero-order valence-electron chi connectivity index (χ0n) is 15.6. The molecule has 1 aromatic carbocycles. The number of nitrogens with zero attached hydrogens (tertiary/aromatic N) is 4. The third-order valence-electron chi connectivity index (χ3n) is 5.12. The van der Waals surface area contributed by atoms with Crippen molar-refractivity contribution in [3.63, 3.8) is 0 Å². The van der Waals surface area contributed by atoms with E-state index in [1.54, 1.807) is 0 Å². The van der Waals surface area contributed by atoms with Gasteiger partial charge in [0, 0.05) is 31.7 Å². The predicted octanol–water partition coefficient (Wildman–Crippen LogP) is 2.59. The van der Waals surface area contributed by atoms with E-state index in [-0.39, 0.29) is 6.04 Å². The molecule has 0 saturated carbocycles. The van der Waals surface area contributed by atoms with Gasteiger partial charge in [0.05, 0.1) is 6.04 Å². The van der Waals surface area contributed by atoms with Crippen molar-refractivity contribution >= 4 is 5.97 Å². The number of carboxylic acids is 1. The van der Waals surface area contributed by atoms with Gasteiger partial charge >= 0.3 is 5.97 Å². The molecule has 1 fully saturated rings. The van der Waals surface area contributed by atoms with Gasteiger partial charge in [-0.05, 0) is 20.3 Å². The third kappa shape index (κ3) is 3.94. The van der Waals surface area contributed by atoms with Crippen molar-refractivity contribution in [2.45, 2.75) is 39.3 Å². The van der Waals surface area contributed by atoms with Gasteiger partial charge in [0.25, 0.3) is 0 Å². The Balaban J connectivity index is 1.63. The molecular formula is C19H26N4O3. The van der Waals surface area contributed by atoms with Gasteiger partial charge in [-0.2, -0.15) is 4.98 Å². The van der Waals surface area contributed by atoms with Crippen molar-refractivity contribution in [3.8, 4) is 11.4 Å². The normalized spacial score (nSPS) is 18.6. The first-order valence-electron chi connectivity index (χ1n) is 9.11. The minimum absolute atomic E-state index is 0.00810. The lowest BCUT2D eigenvalue weighted by Gasteiger charge is -2.39. The second-order valence-electron chi connectivity index (χ2n) is 6.83. The zero-order chi connectivity index (χ0) is 18.7. The Hall–Kier alpha value is -2.25. The van der Waals surface area contributed by atoms with Crippen LogP contribution in [0.3, 0.4) is 0 Å². The summed E-state index contributed by atoms with van der Waals surface area (Å²) in [5.74, 6) is 0.454. The highest BCUT2D eigenvalue weighted by molar-refractivity contribution is 5.73. The summed E-state index contributed by atoms with van der Waals surface area (Å²) < 4.78 is 5.49. The van der Waals surface area contributed by atoms with E-state index in [0.717, 1.165) is 31.7 Å². The molecule has 2 unspecified atom stereocenters. The number of aliphatic carboxylic acids is 1. The Morgan fingerprint density at radius 1 is 1.19 bits per heavy atom. The molecule has 26 heavy (non-hydrogen) atoms. The number of rotatable bonds is 6. The molecule has 2 heterocycles. The molecule has 7 heteroatoms. The summed E-state index contributed by atoms with van der Waals surface area (Å²) in [5.41, 5.74) is 2.13. The molecule has 140 valence electrons. The summed E-state index contributed by atoms with van der Waals surface area (Å²) in [4.78, 5) is 20.2. The van der Waals surface area contributed by atoms with Crippen LogP contribution in [0.1, 0.15) is 37.8 Å². The van der Waals surface area contributed by atoms with Crippen molar-refractivity contribution in [1.82, 2.24) is 19.9 Å². The molecule has 0 bridgehead atoms. The molecule has 0 radical (unpaired) electrons. The fourth-order valence-corrected chi connectivity index (χ4v) is 3.41. The molecule has 0 aliphatic carbocycles. The van der Waals surface area contributed by atoms with Crippen LogP contribution in [0.5, 0.6) is 0 Å². The van der Waals surface area contributed by atoms with Crippen LogP contribution in [0.25, 0.3) is 11.4 Å². The SMILES string of the molecule is CCC(C(=O)O)N1CCN(C(C)c2nc(-c3ccc(C)cc3)no2)CC1. The van der Waals surface area contributed by atoms with Crippen molar-refractivity contribution in [2.75, 3.05) is 26.2 Å². The fraction of sp³-hybridized carbons (Fsp3) is 0.526. The van der Waals surface area contributed by atoms with Gasteiger partial charge in [-0.15, -0.1) is 0 Å². The fourth-order valence-electron chi connectivity index (χ4n) is 3.41. The minimum atomic E-state index is -0.742. The second-order valence-corrected chi connectivity index (χ2v) is 6.83. The summed E-state index contributed by atoms with van der Waals surface area (Å²) in [7, 11) is 0. The van der Waals surface area contributed by atoms with Gasteiger partial charge in [-0.1, -0.05) is 41.9 Å². The summed E-state index contributed by atoms with van der Waals surface area (Å²) in [5, 5.41) is 13.4. The first-order chi connectivity index (χ1) is 12.5. The topological polar surface area (TPSA) is 82.7 Å². The highest BCUT2D eigenvalue weighted by atomic mass is 16.5. The maximum absolute atomic E-state index is 11.3. The highest BCUT2D eigenvalue weighted by Gasteiger charge is 2.30. The van der Waals surface area contributed by atoms with E-state index in [4.69, 9.17) is 4.52 Å². The van der Waals surface area contributed by atoms with E-state index in [1.165, 1.54) is 5.56 Å². The number of aryl methyl sites for hydroxylation is 1. The third-order valence-corrected chi connectivity index (χ3v) is 5.12. The van der Waals surface area contributed by atoms with Gasteiger partial charge in [-0.3, -0.25) is 14.6 Å². The molecule has 1 N–H and O–H groups in total. The lowest BCUT2D eigenvalue weighted by molar-refractivity contribution is -0.144. The Kier molecular flexibility index (Phi) is 5.68. The number of carbonyl (C=O) groups is 1. The molecule has 0 spiro atoms. The smallest absolute Gasteiger partial charge is 0.320 e. The summed E-state index contributed by atoms with van der Waals surface area (Å²) in [6, 6.07) is 7.65. The maximum atomic E-state index is 11.3. The van der Waals surface area contributed by atoms with Gasteiger partial charge in [-0.25, -0.2) is 0 Å². The van der Waals surface area contributed by atoms with E-state index in [9.17, 15) is 9.90 Å². The average Bonchev–Trinajstić information content (AvgIpc) is 3.13. The van der Waals surface area contributed by atoms with Gasteiger partial charge in [0.2, 0.25) is 11.7 Å². The van der Waals surface area contributed by atoms with E-state index in [2.05, 4.69) is 22.0 Å². The standard InChI is InChI=1S/C19H26N4O3/c1-4-16(19(24)25)23-11-9-22(10-12-23)14(3)18-20-17(21-26-18)15-7-5-13(2)6-8-15/h5-8,14,16H,4,9-12H2,1-3H3,(H,24,25). The van der Waals surface area contributed by atoms with Crippen LogP contribution in [0, 0.1) is 6.92 Å². The van der Waals surface area contributed by atoms with Gasteiger partial charge in [0.15, 0.2) is 0 Å². The molecule has 1 aromatic heterocycles. The number of hydrogen-bond donors (Lipinski definition) is 1. The Morgan fingerprint density at radius 2 is 1.81 bits per heavy atom. The van der Waals surface area contributed by atoms with E-state index < -0.39 is 12.0 Å². The van der Waals surface area contributed by atoms with Crippen molar-refractivity contribution < 1.29 is 14.4 Å². The van der Waals surface area contributed by atoms with Crippen molar-refractivity contribution in [2.24, 2.45) is 0 Å². The second kappa shape index (κ2) is 7.97. The minimum Gasteiger partial charge on any atom is -0.480 e. The lowest BCUT2D eigenvalue weighted by atomic mass is 10.1. The quantitative estimate of drug-likeness (QED) is 0.850. The largest absolute Gasteiger partial charge is 0.480 e. The predicted molar refractivity (Wildman–Crippen MR) is 97.7 cm³/mol. The molecule has 1 aliphatic heterocycles. The van der Waals surface area contributed by atoms with E-state index in [0.29, 0.717) is 18.1 Å². The van der Waals surface area contributed by atoms with Crippen LogP contribution in [-0.2, 0) is 4.79 Å². The summed E-state index contributed by atoms with van der Waals surface area (Å²) in [6.07, 6.45) is 0.620. The molecule has 1 aliphatic rings. The molecule has 2 atom stereocenters. The van der Waals surface area contributed by atoms with E-state index in [1.807, 2.05) is 43.0 Å². The lowest BCUT2D eigenvalue weighted by Crippen LogP contribution is -2.52. The Labute approximate surface area is 153 Å². The number of carboxylic acid groups (broad SMARTS) is 1. The van der Waals surface area contributed by atoms with Crippen LogP contribution >= 0.6 is 0 Å². The van der Waals surface area contributed by atoms with Gasteiger partial charge < -0.3 is 9.63 Å². The van der Waals surface area contributed by atoms with Crippen LogP contribution in [0.2, 0.25) is 0 Å². The first kappa shape index (κ1) is 18.5. The number of hydrogen-bond acceptors (Lipinski definition) is 6. The molecule has 0 amide bonds. The van der Waals surface area contributed by atoms with E-state index >= 15 is 0 Å². The van der Waals surface area contributed by atoms with Crippen molar-refractivity contribution in [1.29, 1.82) is 0 Å². The zero-order valence-corrected chi connectivity index (χ0v) is 15.6. The molecule has 1 saturated heterocycles. The average molecular weight is 358 g/mol. The maximum Gasteiger partial charge on any atom is 0.320 e. The van der Waals surface area contributed by atoms with Crippen LogP contribution < -0.4 is 0 Å². The Bertz CT molecular complexity index is 735. The number of piperazine rings is 1. The molecule has 2 aromatic rings. The molecule has 7 nitrogen and oxygen atoms in total. The molecular weight excluding hydrogens is 332 g/mol. The molecule has 3 rings (SSSR count). The van der Waals surface area contributed by atoms with Crippen LogP contribution in [0.15, 0.2) is 28.8 Å². The van der Waals surface area contributed by atoms with Crippen LogP contribution in [-0.4, -0.2) is 63.2 Å². The number of aromatic nitrogens is 2. The Morgan fingerprint density at radius 3 is 2.38 bits per heavy atom. The summed E-state index contributed by atoms with van der Waals surface area (Å²) >= 11 is 0.